The fourth-order valence-electron chi connectivity index (χ4n) is 2.52. The van der Waals surface area contributed by atoms with Crippen molar-refractivity contribution >= 4 is 0 Å². The zero-order valence-corrected chi connectivity index (χ0v) is 12.2. The molecular formula is C16H18N2O3. The van der Waals surface area contributed by atoms with Gasteiger partial charge in [0.25, 0.3) is 0 Å². The molecule has 0 spiro atoms. The summed E-state index contributed by atoms with van der Waals surface area (Å²) in [7, 11) is 3.27. The zero-order chi connectivity index (χ0) is 14.7. The number of hydrogen-bond donors (Lipinski definition) is 0. The summed E-state index contributed by atoms with van der Waals surface area (Å²) < 4.78 is 16.2. The molecule has 110 valence electrons. The lowest BCUT2D eigenvalue weighted by molar-refractivity contribution is 0.218. The maximum absolute atomic E-state index is 5.84. The normalized spacial score (nSPS) is 16.8. The molecule has 0 aliphatic carbocycles. The molecule has 2 aromatic rings. The largest absolute Gasteiger partial charge is 0.497 e. The minimum Gasteiger partial charge on any atom is -0.497 e. The minimum absolute atomic E-state index is 0.373. The van der Waals surface area contributed by atoms with E-state index in [1.54, 1.807) is 26.5 Å². The van der Waals surface area contributed by atoms with Gasteiger partial charge in [-0.1, -0.05) is 6.07 Å². The lowest BCUT2D eigenvalue weighted by atomic mass is 9.93. The fraction of sp³-hybridized carbons (Fsp3) is 0.375. The Bertz CT molecular complexity index is 631. The van der Waals surface area contributed by atoms with Gasteiger partial charge < -0.3 is 14.2 Å². The van der Waals surface area contributed by atoms with Crippen LogP contribution < -0.4 is 14.2 Å². The molecule has 0 fully saturated rings. The third-order valence-electron chi connectivity index (χ3n) is 3.62. The van der Waals surface area contributed by atoms with Crippen molar-refractivity contribution in [3.05, 3.63) is 41.9 Å². The Hall–Kier alpha value is -2.30. The molecule has 0 bridgehead atoms. The van der Waals surface area contributed by atoms with Crippen molar-refractivity contribution in [1.29, 1.82) is 0 Å². The highest BCUT2D eigenvalue weighted by Gasteiger charge is 2.21. The van der Waals surface area contributed by atoms with Crippen LogP contribution in [0.4, 0.5) is 0 Å². The molecule has 5 nitrogen and oxygen atoms in total. The van der Waals surface area contributed by atoms with Crippen LogP contribution >= 0.6 is 0 Å². The first-order valence-corrected chi connectivity index (χ1v) is 6.94. The van der Waals surface area contributed by atoms with Gasteiger partial charge in [-0.15, -0.1) is 0 Å². The van der Waals surface area contributed by atoms with Crippen molar-refractivity contribution in [1.82, 2.24) is 9.97 Å². The smallest absolute Gasteiger partial charge is 0.216 e. The average molecular weight is 286 g/mol. The van der Waals surface area contributed by atoms with E-state index < -0.39 is 0 Å². The van der Waals surface area contributed by atoms with Crippen molar-refractivity contribution in [3.63, 3.8) is 0 Å². The Morgan fingerprint density at radius 3 is 2.95 bits per heavy atom. The predicted octanol–water partition coefficient (Wildman–Crippen LogP) is 2.29. The molecular weight excluding hydrogens is 268 g/mol. The second-order valence-corrected chi connectivity index (χ2v) is 5.07. The van der Waals surface area contributed by atoms with Crippen LogP contribution in [0.5, 0.6) is 17.4 Å². The summed E-state index contributed by atoms with van der Waals surface area (Å²) in [4.78, 5) is 8.66. The van der Waals surface area contributed by atoms with Crippen LogP contribution in [0, 0.1) is 5.92 Å². The molecule has 21 heavy (non-hydrogen) atoms. The Morgan fingerprint density at radius 2 is 2.14 bits per heavy atom. The Morgan fingerprint density at radius 1 is 1.24 bits per heavy atom. The van der Waals surface area contributed by atoms with E-state index in [1.165, 1.54) is 5.56 Å². The first kappa shape index (κ1) is 13.7. The molecule has 3 rings (SSSR count). The van der Waals surface area contributed by atoms with E-state index in [2.05, 4.69) is 16.0 Å². The Labute approximate surface area is 123 Å². The highest BCUT2D eigenvalue weighted by Crippen LogP contribution is 2.31. The molecule has 1 aromatic carbocycles. The lowest BCUT2D eigenvalue weighted by Crippen LogP contribution is -2.23. The summed E-state index contributed by atoms with van der Waals surface area (Å²) in [5.74, 6) is 3.50. The van der Waals surface area contributed by atoms with Crippen LogP contribution in [0.2, 0.25) is 0 Å². The van der Waals surface area contributed by atoms with Crippen molar-refractivity contribution < 1.29 is 14.2 Å². The maximum atomic E-state index is 5.84. The van der Waals surface area contributed by atoms with Crippen LogP contribution in [-0.2, 0) is 12.8 Å². The van der Waals surface area contributed by atoms with E-state index in [1.807, 2.05) is 12.1 Å². The summed E-state index contributed by atoms with van der Waals surface area (Å²) >= 11 is 0. The SMILES string of the molecule is COc1ccc2c(c1)OC[C@H](Cc1nccc(OC)n1)C2. The molecule has 0 amide bonds. The summed E-state index contributed by atoms with van der Waals surface area (Å²) in [5, 5.41) is 0. The van der Waals surface area contributed by atoms with Gasteiger partial charge in [0, 0.05) is 30.7 Å². The first-order valence-electron chi connectivity index (χ1n) is 6.94. The number of ether oxygens (including phenoxy) is 3. The van der Waals surface area contributed by atoms with Crippen LogP contribution in [0.15, 0.2) is 30.5 Å². The van der Waals surface area contributed by atoms with E-state index in [0.717, 1.165) is 30.2 Å². The molecule has 5 heteroatoms. The number of fused-ring (bicyclic) bond motifs is 1. The minimum atomic E-state index is 0.373. The van der Waals surface area contributed by atoms with Crippen LogP contribution in [0.25, 0.3) is 0 Å². The van der Waals surface area contributed by atoms with E-state index in [-0.39, 0.29) is 0 Å². The van der Waals surface area contributed by atoms with Crippen molar-refractivity contribution in [3.8, 4) is 17.4 Å². The highest BCUT2D eigenvalue weighted by atomic mass is 16.5. The Balaban J connectivity index is 1.71. The summed E-state index contributed by atoms with van der Waals surface area (Å²) in [6.07, 6.45) is 3.46. The molecule has 0 N–H and O–H groups in total. The Kier molecular flexibility index (Phi) is 3.90. The van der Waals surface area contributed by atoms with Crippen molar-refractivity contribution in [2.24, 2.45) is 5.92 Å². The van der Waals surface area contributed by atoms with Gasteiger partial charge in [-0.2, -0.15) is 4.98 Å². The van der Waals surface area contributed by atoms with Gasteiger partial charge in [-0.25, -0.2) is 4.98 Å². The van der Waals surface area contributed by atoms with Crippen molar-refractivity contribution in [2.45, 2.75) is 12.8 Å². The summed E-state index contributed by atoms with van der Waals surface area (Å²) in [5.41, 5.74) is 1.20. The standard InChI is InChI=1S/C16H18N2O3/c1-19-13-4-3-12-7-11(10-21-14(12)9-13)8-15-17-6-5-16(18-15)20-2/h3-6,9,11H,7-8,10H2,1-2H3/t11-/m0/s1. The topological polar surface area (TPSA) is 53.5 Å². The number of nitrogens with zero attached hydrogens (tertiary/aromatic N) is 2. The molecule has 0 saturated heterocycles. The van der Waals surface area contributed by atoms with Gasteiger partial charge in [0.2, 0.25) is 5.88 Å². The van der Waals surface area contributed by atoms with Gasteiger partial charge >= 0.3 is 0 Å². The van der Waals surface area contributed by atoms with Gasteiger partial charge in [-0.3, -0.25) is 0 Å². The second-order valence-electron chi connectivity index (χ2n) is 5.07. The molecule has 1 aliphatic rings. The maximum Gasteiger partial charge on any atom is 0.216 e. The molecule has 1 atom stereocenters. The predicted molar refractivity (Wildman–Crippen MR) is 78.0 cm³/mol. The number of rotatable bonds is 4. The van der Waals surface area contributed by atoms with Crippen molar-refractivity contribution in [2.75, 3.05) is 20.8 Å². The van der Waals surface area contributed by atoms with E-state index in [9.17, 15) is 0 Å². The van der Waals surface area contributed by atoms with Crippen LogP contribution in [0.3, 0.4) is 0 Å². The summed E-state index contributed by atoms with van der Waals surface area (Å²) in [6, 6.07) is 7.72. The van der Waals surface area contributed by atoms with E-state index >= 15 is 0 Å². The molecule has 0 saturated carbocycles. The molecule has 1 aromatic heterocycles. The monoisotopic (exact) mass is 286 g/mol. The van der Waals surface area contributed by atoms with E-state index in [4.69, 9.17) is 14.2 Å². The number of hydrogen-bond acceptors (Lipinski definition) is 5. The van der Waals surface area contributed by atoms with E-state index in [0.29, 0.717) is 18.4 Å². The van der Waals surface area contributed by atoms with Gasteiger partial charge in [-0.05, 0) is 18.1 Å². The highest BCUT2D eigenvalue weighted by molar-refractivity contribution is 5.42. The first-order chi connectivity index (χ1) is 10.3. The average Bonchev–Trinajstić information content (AvgIpc) is 2.54. The molecule has 2 heterocycles. The van der Waals surface area contributed by atoms with Crippen LogP contribution in [-0.4, -0.2) is 30.8 Å². The number of benzene rings is 1. The van der Waals surface area contributed by atoms with Gasteiger partial charge in [0.15, 0.2) is 0 Å². The van der Waals surface area contributed by atoms with Crippen LogP contribution in [0.1, 0.15) is 11.4 Å². The molecule has 0 radical (unpaired) electrons. The third kappa shape index (κ3) is 3.07. The number of methoxy groups -OCH3 is 2. The molecule has 1 aliphatic heterocycles. The zero-order valence-electron chi connectivity index (χ0n) is 12.2. The summed E-state index contributed by atoms with van der Waals surface area (Å²) in [6.45, 7) is 0.667. The van der Waals surface area contributed by atoms with Gasteiger partial charge in [0.05, 0.1) is 20.8 Å². The fourth-order valence-corrected chi connectivity index (χ4v) is 2.52. The third-order valence-corrected chi connectivity index (χ3v) is 3.62. The quantitative estimate of drug-likeness (QED) is 0.863. The lowest BCUT2D eigenvalue weighted by Gasteiger charge is -2.25. The molecule has 0 unspecified atom stereocenters. The second kappa shape index (κ2) is 5.99. The number of aromatic nitrogens is 2. The van der Waals surface area contributed by atoms with Gasteiger partial charge in [0.1, 0.15) is 17.3 Å².